The minimum atomic E-state index is -0.983. The molecule has 2 rings (SSSR count). The Kier molecular flexibility index (Phi) is 7.50. The van der Waals surface area contributed by atoms with E-state index >= 15 is 0 Å². The van der Waals surface area contributed by atoms with Gasteiger partial charge in [-0.05, 0) is 30.2 Å². The van der Waals surface area contributed by atoms with Crippen molar-refractivity contribution in [2.24, 2.45) is 0 Å². The molecule has 0 bridgehead atoms. The van der Waals surface area contributed by atoms with Crippen LogP contribution in [0.3, 0.4) is 0 Å². The minimum absolute atomic E-state index is 0.206. The molecule has 0 aliphatic carbocycles. The summed E-state index contributed by atoms with van der Waals surface area (Å²) >= 11 is 0. The first-order valence-electron chi connectivity index (χ1n) is 8.62. The molecule has 0 aliphatic heterocycles. The van der Waals surface area contributed by atoms with E-state index in [9.17, 15) is 9.59 Å². The molecule has 0 aromatic heterocycles. The Labute approximate surface area is 163 Å². The molecule has 0 saturated heterocycles. The van der Waals surface area contributed by atoms with Crippen LogP contribution in [0.1, 0.15) is 21.5 Å². The Morgan fingerprint density at radius 1 is 0.893 bits per heavy atom. The molecule has 0 spiro atoms. The Morgan fingerprint density at radius 3 is 2.14 bits per heavy atom. The molecule has 8 heteroatoms. The van der Waals surface area contributed by atoms with Crippen LogP contribution in [0.4, 0.5) is 4.79 Å². The van der Waals surface area contributed by atoms with E-state index in [4.69, 9.17) is 19.3 Å². The number of nitrogens with one attached hydrogen (secondary N) is 2. The number of hydrogen-bond acceptors (Lipinski definition) is 5. The third-order valence-corrected chi connectivity index (χ3v) is 4.12. The van der Waals surface area contributed by atoms with E-state index in [-0.39, 0.29) is 11.6 Å². The standard InChI is InChI=1S/C20H24N2O6/c1-26-16-9-8-14(17(27-2)18(16)28-3)10-11-21-20(25)22-12-13-4-6-15(7-5-13)19(23)24/h4-9H,10-12H2,1-3H3,(H,23,24)(H2,21,22,25). The van der Waals surface area contributed by atoms with Gasteiger partial charge in [0, 0.05) is 18.7 Å². The quantitative estimate of drug-likeness (QED) is 0.609. The number of amides is 2. The lowest BCUT2D eigenvalue weighted by Gasteiger charge is -2.16. The third-order valence-electron chi connectivity index (χ3n) is 4.12. The topological polar surface area (TPSA) is 106 Å². The van der Waals surface area contributed by atoms with E-state index in [2.05, 4.69) is 10.6 Å². The molecule has 0 unspecified atom stereocenters. The molecule has 0 fully saturated rings. The summed E-state index contributed by atoms with van der Waals surface area (Å²) in [6, 6.07) is 9.67. The summed E-state index contributed by atoms with van der Waals surface area (Å²) in [7, 11) is 4.65. The number of hydrogen-bond donors (Lipinski definition) is 3. The van der Waals surface area contributed by atoms with E-state index in [1.54, 1.807) is 39.5 Å². The zero-order chi connectivity index (χ0) is 20.5. The van der Waals surface area contributed by atoms with Crippen molar-refractivity contribution in [1.82, 2.24) is 10.6 Å². The maximum absolute atomic E-state index is 12.0. The first-order chi connectivity index (χ1) is 13.5. The Balaban J connectivity index is 1.86. The number of rotatable bonds is 9. The zero-order valence-corrected chi connectivity index (χ0v) is 16.1. The monoisotopic (exact) mass is 388 g/mol. The van der Waals surface area contributed by atoms with Crippen molar-refractivity contribution >= 4 is 12.0 Å². The van der Waals surface area contributed by atoms with Gasteiger partial charge in [-0.1, -0.05) is 18.2 Å². The summed E-state index contributed by atoms with van der Waals surface area (Å²) in [5, 5.41) is 14.4. The van der Waals surface area contributed by atoms with Gasteiger partial charge in [0.25, 0.3) is 0 Å². The van der Waals surface area contributed by atoms with Crippen LogP contribution in [0.15, 0.2) is 36.4 Å². The highest BCUT2D eigenvalue weighted by Gasteiger charge is 2.15. The van der Waals surface area contributed by atoms with Crippen LogP contribution in [-0.2, 0) is 13.0 Å². The number of benzene rings is 2. The van der Waals surface area contributed by atoms with Crippen LogP contribution in [0.25, 0.3) is 0 Å². The molecule has 8 nitrogen and oxygen atoms in total. The van der Waals surface area contributed by atoms with Gasteiger partial charge < -0.3 is 30.0 Å². The van der Waals surface area contributed by atoms with Gasteiger partial charge in [0.05, 0.1) is 26.9 Å². The molecule has 0 aliphatic rings. The molecule has 0 radical (unpaired) electrons. The van der Waals surface area contributed by atoms with Crippen molar-refractivity contribution in [3.63, 3.8) is 0 Å². The third kappa shape index (κ3) is 5.29. The van der Waals surface area contributed by atoms with Crippen LogP contribution in [0, 0.1) is 0 Å². The first-order valence-corrected chi connectivity index (χ1v) is 8.62. The second-order valence-corrected chi connectivity index (χ2v) is 5.85. The summed E-state index contributed by atoms with van der Waals surface area (Å²) in [6.45, 7) is 0.695. The molecule has 28 heavy (non-hydrogen) atoms. The average Bonchev–Trinajstić information content (AvgIpc) is 2.71. The van der Waals surface area contributed by atoms with Crippen LogP contribution in [-0.4, -0.2) is 45.0 Å². The second-order valence-electron chi connectivity index (χ2n) is 5.85. The van der Waals surface area contributed by atoms with Gasteiger partial charge in [0.15, 0.2) is 11.5 Å². The van der Waals surface area contributed by atoms with E-state index in [1.165, 1.54) is 12.1 Å². The highest BCUT2D eigenvalue weighted by molar-refractivity contribution is 5.87. The summed E-state index contributed by atoms with van der Waals surface area (Å²) < 4.78 is 16.0. The zero-order valence-electron chi connectivity index (χ0n) is 16.1. The van der Waals surface area contributed by atoms with E-state index < -0.39 is 5.97 Å². The molecule has 2 aromatic carbocycles. The Bertz CT molecular complexity index is 820. The van der Waals surface area contributed by atoms with Crippen molar-refractivity contribution in [3.8, 4) is 17.2 Å². The van der Waals surface area contributed by atoms with Gasteiger partial charge >= 0.3 is 12.0 Å². The van der Waals surface area contributed by atoms with E-state index in [0.717, 1.165) is 11.1 Å². The molecule has 0 atom stereocenters. The van der Waals surface area contributed by atoms with Crippen LogP contribution >= 0.6 is 0 Å². The highest BCUT2D eigenvalue weighted by Crippen LogP contribution is 2.39. The normalized spacial score (nSPS) is 10.1. The van der Waals surface area contributed by atoms with Crippen molar-refractivity contribution in [2.75, 3.05) is 27.9 Å². The molecule has 2 aromatic rings. The van der Waals surface area contributed by atoms with E-state index in [1.807, 2.05) is 6.07 Å². The van der Waals surface area contributed by atoms with Crippen molar-refractivity contribution < 1.29 is 28.9 Å². The molecule has 0 heterocycles. The van der Waals surface area contributed by atoms with Crippen LogP contribution in [0.2, 0.25) is 0 Å². The molecular weight excluding hydrogens is 364 g/mol. The molecule has 2 amide bonds. The fraction of sp³-hybridized carbons (Fsp3) is 0.300. The fourth-order valence-electron chi connectivity index (χ4n) is 2.68. The highest BCUT2D eigenvalue weighted by atomic mass is 16.5. The van der Waals surface area contributed by atoms with Crippen molar-refractivity contribution in [1.29, 1.82) is 0 Å². The maximum Gasteiger partial charge on any atom is 0.335 e. The minimum Gasteiger partial charge on any atom is -0.493 e. The lowest BCUT2D eigenvalue weighted by molar-refractivity contribution is 0.0697. The molecule has 3 N–H and O–H groups in total. The average molecular weight is 388 g/mol. The van der Waals surface area contributed by atoms with Crippen molar-refractivity contribution in [3.05, 3.63) is 53.1 Å². The lowest BCUT2D eigenvalue weighted by Crippen LogP contribution is -2.36. The molecule has 0 saturated carbocycles. The number of ether oxygens (including phenoxy) is 3. The largest absolute Gasteiger partial charge is 0.493 e. The fourth-order valence-corrected chi connectivity index (χ4v) is 2.68. The number of urea groups is 1. The number of carbonyl (C=O) groups excluding carboxylic acids is 1. The van der Waals surface area contributed by atoms with Crippen LogP contribution in [0.5, 0.6) is 17.2 Å². The summed E-state index contributed by atoms with van der Waals surface area (Å²) in [4.78, 5) is 22.8. The van der Waals surface area contributed by atoms with Crippen LogP contribution < -0.4 is 24.8 Å². The molecule has 150 valence electrons. The predicted octanol–water partition coefficient (Wildman–Crippen LogP) is 2.45. The van der Waals surface area contributed by atoms with Crippen molar-refractivity contribution in [2.45, 2.75) is 13.0 Å². The Morgan fingerprint density at radius 2 is 1.57 bits per heavy atom. The van der Waals surface area contributed by atoms with Gasteiger partial charge in [0.1, 0.15) is 0 Å². The summed E-state index contributed by atoms with van der Waals surface area (Å²) in [5.41, 5.74) is 1.89. The number of aromatic carboxylic acids is 1. The number of carboxylic acids is 1. The van der Waals surface area contributed by atoms with Gasteiger partial charge in [-0.3, -0.25) is 0 Å². The second kappa shape index (κ2) is 10.1. The summed E-state index contributed by atoms with van der Waals surface area (Å²) in [6.07, 6.45) is 0.546. The van der Waals surface area contributed by atoms with Gasteiger partial charge in [0.2, 0.25) is 5.75 Å². The number of methoxy groups -OCH3 is 3. The number of carbonyl (C=O) groups is 2. The summed E-state index contributed by atoms with van der Waals surface area (Å²) in [5.74, 6) is 0.671. The first kappa shape index (κ1) is 20.9. The predicted molar refractivity (Wildman–Crippen MR) is 103 cm³/mol. The Hall–Kier alpha value is -3.42. The SMILES string of the molecule is COc1ccc(CCNC(=O)NCc2ccc(C(=O)O)cc2)c(OC)c1OC. The smallest absolute Gasteiger partial charge is 0.335 e. The maximum atomic E-state index is 12.0. The van der Waals surface area contributed by atoms with Gasteiger partial charge in [-0.15, -0.1) is 0 Å². The van der Waals surface area contributed by atoms with Gasteiger partial charge in [-0.25, -0.2) is 9.59 Å². The van der Waals surface area contributed by atoms with E-state index in [0.29, 0.717) is 36.8 Å². The molecular formula is C20H24N2O6. The van der Waals surface area contributed by atoms with Gasteiger partial charge in [-0.2, -0.15) is 0 Å². The number of carboxylic acid groups (broad SMARTS) is 1. The lowest BCUT2D eigenvalue weighted by atomic mass is 10.1.